The van der Waals surface area contributed by atoms with Gasteiger partial charge in [-0.2, -0.15) is 0 Å². The van der Waals surface area contributed by atoms with E-state index in [0.717, 1.165) is 24.1 Å². The fourth-order valence-corrected chi connectivity index (χ4v) is 2.60. The second kappa shape index (κ2) is 6.95. The third kappa shape index (κ3) is 3.88. The van der Waals surface area contributed by atoms with Crippen molar-refractivity contribution in [2.45, 2.75) is 12.0 Å². The Kier molecular flexibility index (Phi) is 4.74. The molecule has 3 rings (SSSR count). The normalized spacial score (nSPS) is 16.2. The van der Waals surface area contributed by atoms with Gasteiger partial charge in [0.1, 0.15) is 5.75 Å². The zero-order valence-electron chi connectivity index (χ0n) is 13.3. The second-order valence-corrected chi connectivity index (χ2v) is 6.07. The number of phenolic OH excluding ortho intramolecular Hbond substituents is 3. The number of rotatable bonds is 6. The van der Waals surface area contributed by atoms with Crippen LogP contribution in [0, 0.1) is 0 Å². The molecule has 1 saturated heterocycles. The summed E-state index contributed by atoms with van der Waals surface area (Å²) in [6.07, 6.45) is 4.81. The first-order valence-corrected chi connectivity index (χ1v) is 7.88. The first-order chi connectivity index (χ1) is 11.6. The van der Waals surface area contributed by atoms with Gasteiger partial charge in [0, 0.05) is 6.54 Å². The molecule has 0 unspecified atom stereocenters. The van der Waals surface area contributed by atoms with Gasteiger partial charge in [0.05, 0.1) is 18.8 Å². The standard InChI is InChI=1S/C19H21NO4/c21-16-4-1-14(2-5-16)8-10-20-19(12-24-13-19)9-7-15-3-6-17(22)18(23)11-15/h1-7,9,11,20-23H,8,10,12-13H2/b9-7+. The molecule has 0 bridgehead atoms. The van der Waals surface area contributed by atoms with Gasteiger partial charge < -0.3 is 25.4 Å². The first kappa shape index (κ1) is 16.4. The van der Waals surface area contributed by atoms with Gasteiger partial charge in [-0.1, -0.05) is 30.4 Å². The van der Waals surface area contributed by atoms with Crippen molar-refractivity contribution in [2.75, 3.05) is 19.8 Å². The summed E-state index contributed by atoms with van der Waals surface area (Å²) in [5.74, 6) is 0.0212. The van der Waals surface area contributed by atoms with Crippen LogP contribution in [0.4, 0.5) is 0 Å². The summed E-state index contributed by atoms with van der Waals surface area (Å²) in [7, 11) is 0. The van der Waals surface area contributed by atoms with Gasteiger partial charge in [-0.15, -0.1) is 0 Å². The lowest BCUT2D eigenvalue weighted by Gasteiger charge is -2.40. The third-order valence-corrected chi connectivity index (χ3v) is 4.14. The average Bonchev–Trinajstić information content (AvgIpc) is 2.54. The van der Waals surface area contributed by atoms with Gasteiger partial charge in [-0.05, 0) is 41.8 Å². The van der Waals surface area contributed by atoms with Crippen LogP contribution in [0.2, 0.25) is 0 Å². The van der Waals surface area contributed by atoms with E-state index in [1.165, 1.54) is 12.1 Å². The fourth-order valence-electron chi connectivity index (χ4n) is 2.60. The van der Waals surface area contributed by atoms with Gasteiger partial charge in [-0.3, -0.25) is 0 Å². The smallest absolute Gasteiger partial charge is 0.157 e. The Balaban J connectivity index is 1.58. The lowest BCUT2D eigenvalue weighted by Crippen LogP contribution is -2.59. The van der Waals surface area contributed by atoms with Crippen LogP contribution in [0.5, 0.6) is 17.2 Å². The van der Waals surface area contributed by atoms with Crippen LogP contribution in [0.25, 0.3) is 6.08 Å². The zero-order valence-corrected chi connectivity index (χ0v) is 13.3. The highest BCUT2D eigenvalue weighted by molar-refractivity contribution is 5.56. The van der Waals surface area contributed by atoms with Crippen molar-refractivity contribution in [3.8, 4) is 17.2 Å². The summed E-state index contributed by atoms with van der Waals surface area (Å²) >= 11 is 0. The Hall–Kier alpha value is -2.50. The Bertz CT molecular complexity index is 721. The van der Waals surface area contributed by atoms with Crippen LogP contribution in [-0.4, -0.2) is 40.6 Å². The molecule has 0 spiro atoms. The van der Waals surface area contributed by atoms with Crippen molar-refractivity contribution in [2.24, 2.45) is 0 Å². The van der Waals surface area contributed by atoms with Crippen LogP contribution in [0.1, 0.15) is 11.1 Å². The highest BCUT2D eigenvalue weighted by atomic mass is 16.5. The Morgan fingerprint density at radius 1 is 1.00 bits per heavy atom. The topological polar surface area (TPSA) is 82.0 Å². The quantitative estimate of drug-likeness (QED) is 0.613. The molecule has 24 heavy (non-hydrogen) atoms. The first-order valence-electron chi connectivity index (χ1n) is 7.88. The lowest BCUT2D eigenvalue weighted by atomic mass is 9.95. The maximum Gasteiger partial charge on any atom is 0.157 e. The predicted molar refractivity (Wildman–Crippen MR) is 92.2 cm³/mol. The van der Waals surface area contributed by atoms with E-state index in [1.807, 2.05) is 24.3 Å². The van der Waals surface area contributed by atoms with Gasteiger partial charge in [0.15, 0.2) is 11.5 Å². The monoisotopic (exact) mass is 327 g/mol. The molecular formula is C19H21NO4. The minimum absolute atomic E-state index is 0.124. The highest BCUT2D eigenvalue weighted by Gasteiger charge is 2.35. The summed E-state index contributed by atoms with van der Waals surface area (Å²) in [5, 5.41) is 31.7. The molecule has 0 radical (unpaired) electrons. The molecule has 0 saturated carbocycles. The van der Waals surface area contributed by atoms with Crippen molar-refractivity contribution in [1.82, 2.24) is 5.32 Å². The van der Waals surface area contributed by atoms with Crippen molar-refractivity contribution in [1.29, 1.82) is 0 Å². The Labute approximate surface area is 140 Å². The molecule has 5 nitrogen and oxygen atoms in total. The molecule has 1 fully saturated rings. The molecule has 0 aromatic heterocycles. The van der Waals surface area contributed by atoms with Crippen molar-refractivity contribution in [3.63, 3.8) is 0 Å². The molecular weight excluding hydrogens is 306 g/mol. The van der Waals surface area contributed by atoms with Crippen molar-refractivity contribution < 1.29 is 20.1 Å². The summed E-state index contributed by atoms with van der Waals surface area (Å²) in [6.45, 7) is 1.99. The van der Waals surface area contributed by atoms with Gasteiger partial charge >= 0.3 is 0 Å². The number of hydrogen-bond acceptors (Lipinski definition) is 5. The zero-order chi connectivity index (χ0) is 17.0. The molecule has 0 amide bonds. The van der Waals surface area contributed by atoms with E-state index in [-0.39, 0.29) is 22.8 Å². The second-order valence-electron chi connectivity index (χ2n) is 6.07. The number of hydrogen-bond donors (Lipinski definition) is 4. The Morgan fingerprint density at radius 3 is 2.38 bits per heavy atom. The summed E-state index contributed by atoms with van der Waals surface area (Å²) in [4.78, 5) is 0. The molecule has 0 atom stereocenters. The van der Waals surface area contributed by atoms with Crippen LogP contribution in [0.15, 0.2) is 48.5 Å². The number of aromatic hydroxyl groups is 3. The van der Waals surface area contributed by atoms with E-state index in [9.17, 15) is 15.3 Å². The molecule has 4 N–H and O–H groups in total. The highest BCUT2D eigenvalue weighted by Crippen LogP contribution is 2.27. The number of phenols is 3. The van der Waals surface area contributed by atoms with E-state index in [1.54, 1.807) is 18.2 Å². The van der Waals surface area contributed by atoms with E-state index in [2.05, 4.69) is 5.32 Å². The summed E-state index contributed by atoms with van der Waals surface area (Å²) in [5.41, 5.74) is 1.77. The number of ether oxygens (including phenoxy) is 1. The van der Waals surface area contributed by atoms with Crippen LogP contribution in [0.3, 0.4) is 0 Å². The van der Waals surface area contributed by atoms with E-state index in [4.69, 9.17) is 4.74 Å². The van der Waals surface area contributed by atoms with E-state index >= 15 is 0 Å². The molecule has 1 aliphatic heterocycles. The molecule has 5 heteroatoms. The van der Waals surface area contributed by atoms with Gasteiger partial charge in [0.2, 0.25) is 0 Å². The average molecular weight is 327 g/mol. The molecule has 126 valence electrons. The molecule has 1 aliphatic rings. The summed E-state index contributed by atoms with van der Waals surface area (Å²) < 4.78 is 5.35. The maximum absolute atomic E-state index is 9.55. The fraction of sp³-hybridized carbons (Fsp3) is 0.263. The minimum atomic E-state index is -0.204. The van der Waals surface area contributed by atoms with Crippen LogP contribution < -0.4 is 5.32 Å². The van der Waals surface area contributed by atoms with Gasteiger partial charge in [-0.25, -0.2) is 0 Å². The van der Waals surface area contributed by atoms with E-state index in [0.29, 0.717) is 13.2 Å². The lowest BCUT2D eigenvalue weighted by molar-refractivity contribution is -0.0470. The minimum Gasteiger partial charge on any atom is -0.508 e. The number of benzene rings is 2. The van der Waals surface area contributed by atoms with Crippen LogP contribution in [-0.2, 0) is 11.2 Å². The number of nitrogens with one attached hydrogen (secondary N) is 1. The van der Waals surface area contributed by atoms with Crippen molar-refractivity contribution in [3.05, 3.63) is 59.7 Å². The molecule has 2 aromatic rings. The molecule has 1 heterocycles. The van der Waals surface area contributed by atoms with E-state index < -0.39 is 0 Å². The summed E-state index contributed by atoms with van der Waals surface area (Å²) in [6, 6.07) is 11.9. The maximum atomic E-state index is 9.55. The van der Waals surface area contributed by atoms with Crippen LogP contribution >= 0.6 is 0 Å². The Morgan fingerprint density at radius 2 is 1.75 bits per heavy atom. The van der Waals surface area contributed by atoms with Crippen molar-refractivity contribution >= 4 is 6.08 Å². The molecule has 0 aliphatic carbocycles. The van der Waals surface area contributed by atoms with Gasteiger partial charge in [0.25, 0.3) is 0 Å². The molecule has 2 aromatic carbocycles. The third-order valence-electron chi connectivity index (χ3n) is 4.14. The predicted octanol–water partition coefficient (Wildman–Crippen LogP) is 2.42. The largest absolute Gasteiger partial charge is 0.508 e. The SMILES string of the molecule is Oc1ccc(CCNC2(/C=C/c3ccc(O)c(O)c3)COC2)cc1.